The summed E-state index contributed by atoms with van der Waals surface area (Å²) in [6.07, 6.45) is 2.88. The average molecular weight is 310 g/mol. The van der Waals surface area contributed by atoms with Crippen LogP contribution in [0.2, 0.25) is 0 Å². The van der Waals surface area contributed by atoms with Crippen molar-refractivity contribution in [2.75, 3.05) is 17.2 Å². The number of nitrogens with zero attached hydrogens (tertiary/aromatic N) is 1. The molecule has 3 rings (SSSR count). The molecule has 20 heavy (non-hydrogen) atoms. The van der Waals surface area contributed by atoms with Crippen LogP contribution in [0.3, 0.4) is 0 Å². The van der Waals surface area contributed by atoms with E-state index >= 15 is 0 Å². The Hall–Kier alpha value is -1.47. The van der Waals surface area contributed by atoms with Crippen molar-refractivity contribution in [2.45, 2.75) is 12.8 Å². The zero-order valence-electron chi connectivity index (χ0n) is 10.7. The van der Waals surface area contributed by atoms with Gasteiger partial charge < -0.3 is 10.2 Å². The molecule has 106 valence electrons. The molecule has 0 aromatic carbocycles. The molecule has 7 heteroatoms. The maximum atomic E-state index is 12.6. The van der Waals surface area contributed by atoms with Crippen molar-refractivity contribution in [1.82, 2.24) is 4.98 Å². The first kappa shape index (κ1) is 13.5. The molecular weight excluding hydrogens is 296 g/mol. The lowest BCUT2D eigenvalue weighted by atomic mass is 9.95. The summed E-state index contributed by atoms with van der Waals surface area (Å²) in [7, 11) is -0.771. The molecule has 1 saturated heterocycles. The van der Waals surface area contributed by atoms with E-state index in [1.165, 1.54) is 11.3 Å². The predicted molar refractivity (Wildman–Crippen MR) is 79.2 cm³/mol. The van der Waals surface area contributed by atoms with E-state index in [2.05, 4.69) is 4.98 Å². The van der Waals surface area contributed by atoms with Gasteiger partial charge in [0.25, 0.3) is 0 Å². The molecule has 0 saturated carbocycles. The van der Waals surface area contributed by atoms with Gasteiger partial charge in [-0.2, -0.15) is 0 Å². The molecule has 2 aromatic rings. The molecule has 3 heterocycles. The molecule has 0 aliphatic carbocycles. The molecule has 1 aliphatic heterocycles. The van der Waals surface area contributed by atoms with Crippen LogP contribution in [0.4, 0.5) is 5.13 Å². The minimum atomic E-state index is -0.771. The molecule has 0 unspecified atom stereocenters. The fraction of sp³-hybridized carbons (Fsp3) is 0.385. The lowest BCUT2D eigenvalue weighted by Crippen LogP contribution is -2.25. The Morgan fingerprint density at radius 2 is 2.20 bits per heavy atom. The van der Waals surface area contributed by atoms with Crippen molar-refractivity contribution in [3.05, 3.63) is 23.3 Å². The van der Waals surface area contributed by atoms with Gasteiger partial charge in [0.2, 0.25) is 0 Å². The Bertz CT molecular complexity index is 639. The summed E-state index contributed by atoms with van der Waals surface area (Å²) >= 11 is 1.20. The van der Waals surface area contributed by atoms with Crippen LogP contribution >= 0.6 is 11.3 Å². The van der Waals surface area contributed by atoms with Crippen LogP contribution < -0.4 is 5.73 Å². The van der Waals surface area contributed by atoms with Crippen LogP contribution in [0.25, 0.3) is 11.5 Å². The number of nitrogen functional groups attached to an aromatic ring is 1. The SMILES string of the molecule is Nc1nc(-c2ccco2)c(C(=O)C2CCS(=O)CC2)s1. The van der Waals surface area contributed by atoms with E-state index in [1.807, 2.05) is 0 Å². The van der Waals surface area contributed by atoms with Gasteiger partial charge in [0.15, 0.2) is 16.7 Å². The number of carbonyl (C=O) groups is 1. The van der Waals surface area contributed by atoms with Gasteiger partial charge in [-0.3, -0.25) is 9.00 Å². The summed E-state index contributed by atoms with van der Waals surface area (Å²) in [5.41, 5.74) is 6.26. The molecule has 0 bridgehead atoms. The highest BCUT2D eigenvalue weighted by molar-refractivity contribution is 7.85. The number of Topliss-reactive ketones (excluding diaryl/α,β-unsaturated/α-hetero) is 1. The Morgan fingerprint density at radius 1 is 1.45 bits per heavy atom. The van der Waals surface area contributed by atoms with Gasteiger partial charge in [0.05, 0.1) is 6.26 Å². The molecule has 0 radical (unpaired) electrons. The van der Waals surface area contributed by atoms with Crippen LogP contribution in [0.5, 0.6) is 0 Å². The summed E-state index contributed by atoms with van der Waals surface area (Å²) in [4.78, 5) is 17.4. The molecule has 1 aliphatic rings. The highest BCUT2D eigenvalue weighted by atomic mass is 32.2. The molecule has 1 fully saturated rings. The molecule has 5 nitrogen and oxygen atoms in total. The lowest BCUT2D eigenvalue weighted by molar-refractivity contribution is 0.0917. The summed E-state index contributed by atoms with van der Waals surface area (Å²) in [6, 6.07) is 3.52. The molecule has 2 N–H and O–H groups in total. The van der Waals surface area contributed by atoms with Crippen LogP contribution in [0.1, 0.15) is 22.5 Å². The highest BCUT2D eigenvalue weighted by Crippen LogP contribution is 2.33. The van der Waals surface area contributed by atoms with Gasteiger partial charge in [-0.05, 0) is 25.0 Å². The van der Waals surface area contributed by atoms with Crippen molar-refractivity contribution in [2.24, 2.45) is 5.92 Å². The summed E-state index contributed by atoms with van der Waals surface area (Å²) in [5, 5.41) is 0.360. The van der Waals surface area contributed by atoms with E-state index in [-0.39, 0.29) is 11.7 Å². The monoisotopic (exact) mass is 310 g/mol. The van der Waals surface area contributed by atoms with Gasteiger partial charge in [-0.1, -0.05) is 11.3 Å². The van der Waals surface area contributed by atoms with E-state index in [4.69, 9.17) is 10.2 Å². The number of ketones is 1. The zero-order valence-corrected chi connectivity index (χ0v) is 12.3. The number of hydrogen-bond acceptors (Lipinski definition) is 6. The van der Waals surface area contributed by atoms with Crippen molar-refractivity contribution in [1.29, 1.82) is 0 Å². The van der Waals surface area contributed by atoms with Crippen molar-refractivity contribution < 1.29 is 13.4 Å². The second-order valence-corrected chi connectivity index (χ2v) is 7.42. The number of thiazole rings is 1. The quantitative estimate of drug-likeness (QED) is 0.879. The summed E-state index contributed by atoms with van der Waals surface area (Å²) < 4.78 is 16.7. The largest absolute Gasteiger partial charge is 0.463 e. The van der Waals surface area contributed by atoms with Gasteiger partial charge in [-0.25, -0.2) is 4.98 Å². The third-order valence-electron chi connectivity index (χ3n) is 3.38. The number of nitrogens with two attached hydrogens (primary N) is 1. The van der Waals surface area contributed by atoms with E-state index in [1.54, 1.807) is 18.4 Å². The summed E-state index contributed by atoms with van der Waals surface area (Å²) in [5.74, 6) is 1.71. The number of furan rings is 1. The number of rotatable bonds is 3. The third kappa shape index (κ3) is 2.55. The minimum absolute atomic E-state index is 0.0438. The van der Waals surface area contributed by atoms with E-state index in [0.717, 1.165) is 0 Å². The second kappa shape index (κ2) is 5.49. The Kier molecular flexibility index (Phi) is 3.71. The second-order valence-electron chi connectivity index (χ2n) is 4.69. The molecule has 0 atom stereocenters. The van der Waals surface area contributed by atoms with Crippen molar-refractivity contribution in [3.63, 3.8) is 0 Å². The molecule has 0 spiro atoms. The maximum Gasteiger partial charge on any atom is 0.181 e. The fourth-order valence-corrected chi connectivity index (χ4v) is 4.48. The Morgan fingerprint density at radius 3 is 2.85 bits per heavy atom. The average Bonchev–Trinajstić information content (AvgIpc) is 3.07. The summed E-state index contributed by atoms with van der Waals surface area (Å²) in [6.45, 7) is 0. The number of aromatic nitrogens is 1. The molecular formula is C13H14N2O3S2. The first-order valence-corrected chi connectivity index (χ1v) is 8.65. The highest BCUT2D eigenvalue weighted by Gasteiger charge is 2.29. The van der Waals surface area contributed by atoms with Gasteiger partial charge in [0, 0.05) is 28.2 Å². The Balaban J connectivity index is 1.90. The topological polar surface area (TPSA) is 86.2 Å². The molecule has 2 aromatic heterocycles. The standard InChI is InChI=1S/C13H14N2O3S2/c14-13-15-10(9-2-1-5-18-9)12(19-13)11(16)8-3-6-20(17)7-4-8/h1-2,5,8H,3-4,6-7H2,(H2,14,15). The first-order valence-electron chi connectivity index (χ1n) is 6.34. The van der Waals surface area contributed by atoms with Crippen molar-refractivity contribution in [3.8, 4) is 11.5 Å². The van der Waals surface area contributed by atoms with E-state index in [9.17, 15) is 9.00 Å². The van der Waals surface area contributed by atoms with E-state index in [0.29, 0.717) is 45.8 Å². The number of hydrogen-bond donors (Lipinski definition) is 1. The normalized spacial score (nSPS) is 22.8. The van der Waals surface area contributed by atoms with Crippen LogP contribution in [-0.2, 0) is 10.8 Å². The van der Waals surface area contributed by atoms with Crippen LogP contribution in [-0.4, -0.2) is 26.5 Å². The van der Waals surface area contributed by atoms with Gasteiger partial charge >= 0.3 is 0 Å². The fourth-order valence-electron chi connectivity index (χ4n) is 2.33. The smallest absolute Gasteiger partial charge is 0.181 e. The number of carbonyl (C=O) groups excluding carboxylic acids is 1. The van der Waals surface area contributed by atoms with Crippen molar-refractivity contribution >= 4 is 33.1 Å². The maximum absolute atomic E-state index is 12.6. The van der Waals surface area contributed by atoms with E-state index < -0.39 is 10.8 Å². The minimum Gasteiger partial charge on any atom is -0.463 e. The first-order chi connectivity index (χ1) is 9.65. The predicted octanol–water partition coefficient (Wildman–Crippen LogP) is 2.33. The zero-order chi connectivity index (χ0) is 14.1. The van der Waals surface area contributed by atoms with Gasteiger partial charge in [-0.15, -0.1) is 0 Å². The third-order valence-corrected chi connectivity index (χ3v) is 5.66. The lowest BCUT2D eigenvalue weighted by Gasteiger charge is -2.19. The van der Waals surface area contributed by atoms with Crippen LogP contribution in [0, 0.1) is 5.92 Å². The number of anilines is 1. The molecule has 0 amide bonds. The Labute approximate surface area is 122 Å². The van der Waals surface area contributed by atoms with Gasteiger partial charge in [0.1, 0.15) is 10.6 Å². The van der Waals surface area contributed by atoms with Crippen LogP contribution in [0.15, 0.2) is 22.8 Å².